The average molecular weight is 626 g/mol. The average Bonchev–Trinajstić information content (AvgIpc) is 3.65. The molecular formula is C34H43N9O3. The van der Waals surface area contributed by atoms with Gasteiger partial charge in [0.15, 0.2) is 5.84 Å². The molecule has 46 heavy (non-hydrogen) atoms. The number of rotatable bonds is 7. The van der Waals surface area contributed by atoms with Crippen LogP contribution in [0.3, 0.4) is 0 Å². The zero-order chi connectivity index (χ0) is 32.3. The number of carbonyl (C=O) groups excluding carboxylic acids is 2. The number of aliphatic imine (C=N–C) groups is 1. The Hall–Kier alpha value is -4.55. The molecule has 0 radical (unpaired) electrons. The Bertz CT molecular complexity index is 1560. The molecule has 242 valence electrons. The van der Waals surface area contributed by atoms with Crippen LogP contribution < -0.4 is 16.0 Å². The number of nitrogens with two attached hydrogens (primary N) is 1. The van der Waals surface area contributed by atoms with Crippen molar-refractivity contribution in [1.29, 1.82) is 10.8 Å². The number of benzene rings is 2. The summed E-state index contributed by atoms with van der Waals surface area (Å²) < 4.78 is 5.43. The van der Waals surface area contributed by atoms with Gasteiger partial charge in [-0.2, -0.15) is 0 Å². The van der Waals surface area contributed by atoms with Crippen molar-refractivity contribution >= 4 is 46.8 Å². The fraction of sp³-hybridized carbons (Fsp3) is 0.441. The number of ether oxygens (including phenoxy) is 1. The second-order valence-electron chi connectivity index (χ2n) is 12.5. The first-order chi connectivity index (χ1) is 22.3. The highest BCUT2D eigenvalue weighted by Gasteiger charge is 2.51. The van der Waals surface area contributed by atoms with Crippen molar-refractivity contribution < 1.29 is 14.3 Å². The van der Waals surface area contributed by atoms with E-state index in [0.29, 0.717) is 82.7 Å². The molecular weight excluding hydrogens is 582 g/mol. The van der Waals surface area contributed by atoms with Crippen LogP contribution in [0.1, 0.15) is 36.0 Å². The Kier molecular flexibility index (Phi) is 9.18. The van der Waals surface area contributed by atoms with Crippen molar-refractivity contribution in [3.63, 3.8) is 0 Å². The summed E-state index contributed by atoms with van der Waals surface area (Å²) in [4.78, 5) is 39.1. The van der Waals surface area contributed by atoms with Crippen molar-refractivity contribution in [3.8, 4) is 0 Å². The topological polar surface area (TPSA) is 154 Å². The minimum Gasteiger partial charge on any atom is -0.398 e. The van der Waals surface area contributed by atoms with Crippen LogP contribution in [0, 0.1) is 16.2 Å². The van der Waals surface area contributed by atoms with Gasteiger partial charge in [0.25, 0.3) is 0 Å². The highest BCUT2D eigenvalue weighted by molar-refractivity contribution is 6.05. The van der Waals surface area contributed by atoms with Crippen molar-refractivity contribution in [2.75, 3.05) is 83.3 Å². The molecule has 5 N–H and O–H groups in total. The van der Waals surface area contributed by atoms with E-state index in [4.69, 9.17) is 21.3 Å². The summed E-state index contributed by atoms with van der Waals surface area (Å²) in [5.41, 5.74) is 10.8. The number of likely N-dealkylation sites (tertiary alicyclic amines) is 1. The van der Waals surface area contributed by atoms with Crippen LogP contribution in [0.15, 0.2) is 53.5 Å². The van der Waals surface area contributed by atoms with E-state index >= 15 is 0 Å². The van der Waals surface area contributed by atoms with Crippen LogP contribution in [0.4, 0.5) is 11.4 Å². The van der Waals surface area contributed by atoms with E-state index in [9.17, 15) is 9.59 Å². The summed E-state index contributed by atoms with van der Waals surface area (Å²) in [6, 6.07) is 13.4. The van der Waals surface area contributed by atoms with Crippen LogP contribution in [0.2, 0.25) is 0 Å². The number of hydrogen-bond donors (Lipinski definition) is 4. The second-order valence-corrected chi connectivity index (χ2v) is 12.5. The van der Waals surface area contributed by atoms with Gasteiger partial charge in [0.05, 0.1) is 31.5 Å². The van der Waals surface area contributed by atoms with Gasteiger partial charge in [0, 0.05) is 68.8 Å². The number of morpholine rings is 1. The summed E-state index contributed by atoms with van der Waals surface area (Å²) in [5.74, 6) is 0.744. The lowest BCUT2D eigenvalue weighted by atomic mass is 9.85. The molecule has 6 rings (SSSR count). The standard InChI is InChI=1S/C34H43N9O3/c1-38-23-39-31(36)26-4-2-24(3-5-26)25-8-12-41(13-9-25)30(44)21-40-14-10-34(22-40)11-15-43(33(34)45)27-6-7-29(35)28(20-27)32(37)42-16-18-46-19-17-42/h2-8,20,23,37H,9-19,21-22,35H2,1H3,(H2,36,38,39)/t34-/m0/s1. The minimum atomic E-state index is -0.491. The predicted molar refractivity (Wildman–Crippen MR) is 181 cm³/mol. The second kappa shape index (κ2) is 13.4. The van der Waals surface area contributed by atoms with Gasteiger partial charge in [-0.1, -0.05) is 30.3 Å². The Labute approximate surface area is 269 Å². The van der Waals surface area contributed by atoms with Gasteiger partial charge in [0.2, 0.25) is 11.8 Å². The zero-order valence-corrected chi connectivity index (χ0v) is 26.4. The van der Waals surface area contributed by atoms with Crippen molar-refractivity contribution in [2.24, 2.45) is 10.4 Å². The quantitative estimate of drug-likeness (QED) is 0.209. The molecule has 0 saturated carbocycles. The lowest BCUT2D eigenvalue weighted by Crippen LogP contribution is -2.43. The fourth-order valence-electron chi connectivity index (χ4n) is 6.91. The van der Waals surface area contributed by atoms with E-state index in [-0.39, 0.29) is 17.6 Å². The van der Waals surface area contributed by atoms with Gasteiger partial charge in [-0.25, -0.2) is 4.99 Å². The van der Waals surface area contributed by atoms with Crippen LogP contribution in [0.25, 0.3) is 5.57 Å². The summed E-state index contributed by atoms with van der Waals surface area (Å²) in [6.45, 7) is 5.88. The van der Waals surface area contributed by atoms with E-state index in [1.807, 2.05) is 51.1 Å². The molecule has 12 heteroatoms. The number of anilines is 2. The van der Waals surface area contributed by atoms with Gasteiger partial charge in [-0.15, -0.1) is 0 Å². The SMILES string of the molecule is CN/C=N\C(=N)c1ccc(C2=CCN(C(=O)CN3CC[C@]4(CCN(c5ccc(N)c(C(=N)N6CCOCC6)c5)C4=O)C3)CC2)cc1. The van der Waals surface area contributed by atoms with Crippen LogP contribution in [-0.2, 0) is 14.3 Å². The molecule has 0 aliphatic carbocycles. The first kappa shape index (κ1) is 31.4. The van der Waals surface area contributed by atoms with Gasteiger partial charge >= 0.3 is 0 Å². The fourth-order valence-corrected chi connectivity index (χ4v) is 6.91. The summed E-state index contributed by atoms with van der Waals surface area (Å²) in [5, 5.41) is 19.6. The maximum absolute atomic E-state index is 13.9. The summed E-state index contributed by atoms with van der Waals surface area (Å²) in [6.07, 6.45) is 5.85. The van der Waals surface area contributed by atoms with Gasteiger partial charge in [0.1, 0.15) is 5.84 Å². The lowest BCUT2D eigenvalue weighted by Gasteiger charge is -2.30. The number of amides is 2. The molecule has 0 unspecified atom stereocenters. The molecule has 1 atom stereocenters. The van der Waals surface area contributed by atoms with Crippen LogP contribution >= 0.6 is 0 Å². The van der Waals surface area contributed by atoms with Gasteiger partial charge < -0.3 is 30.5 Å². The molecule has 4 heterocycles. The minimum absolute atomic E-state index is 0.0886. The number of hydrogen-bond acceptors (Lipinski definition) is 7. The molecule has 4 aliphatic rings. The molecule has 0 bridgehead atoms. The first-order valence-corrected chi connectivity index (χ1v) is 16.0. The maximum Gasteiger partial charge on any atom is 0.237 e. The highest BCUT2D eigenvalue weighted by atomic mass is 16.5. The third-order valence-corrected chi connectivity index (χ3v) is 9.65. The normalized spacial score (nSPS) is 22.2. The van der Waals surface area contributed by atoms with Crippen molar-refractivity contribution in [1.82, 2.24) is 20.0 Å². The zero-order valence-electron chi connectivity index (χ0n) is 26.4. The largest absolute Gasteiger partial charge is 0.398 e. The van der Waals surface area contributed by atoms with E-state index in [1.165, 1.54) is 11.9 Å². The molecule has 3 saturated heterocycles. The van der Waals surface area contributed by atoms with Gasteiger partial charge in [-0.3, -0.25) is 25.3 Å². The van der Waals surface area contributed by atoms with Gasteiger partial charge in [-0.05, 0) is 55.1 Å². The maximum atomic E-state index is 13.9. The number of nitrogen functional groups attached to an aromatic ring is 1. The predicted octanol–water partition coefficient (Wildman–Crippen LogP) is 2.24. The number of amidine groups is 2. The Balaban J connectivity index is 1.03. The smallest absolute Gasteiger partial charge is 0.237 e. The highest BCUT2D eigenvalue weighted by Crippen LogP contribution is 2.42. The lowest BCUT2D eigenvalue weighted by molar-refractivity contribution is -0.132. The molecule has 3 fully saturated rings. The Morgan fingerprint density at radius 2 is 1.80 bits per heavy atom. The van der Waals surface area contributed by atoms with E-state index in [0.717, 1.165) is 36.1 Å². The number of nitrogens with zero attached hydrogens (tertiary/aromatic N) is 5. The van der Waals surface area contributed by atoms with Crippen LogP contribution in [0.5, 0.6) is 0 Å². The molecule has 12 nitrogen and oxygen atoms in total. The van der Waals surface area contributed by atoms with Crippen molar-refractivity contribution in [3.05, 3.63) is 65.2 Å². The number of carbonyl (C=O) groups is 2. The van der Waals surface area contributed by atoms with Crippen molar-refractivity contribution in [2.45, 2.75) is 19.3 Å². The monoisotopic (exact) mass is 625 g/mol. The molecule has 2 aromatic carbocycles. The molecule has 4 aliphatic heterocycles. The van der Waals surface area contributed by atoms with Crippen LogP contribution in [-0.4, -0.2) is 117 Å². The Morgan fingerprint density at radius 1 is 1.04 bits per heavy atom. The third kappa shape index (κ3) is 6.40. The van der Waals surface area contributed by atoms with E-state index in [2.05, 4.69) is 21.3 Å². The first-order valence-electron chi connectivity index (χ1n) is 16.0. The molecule has 2 aromatic rings. The third-order valence-electron chi connectivity index (χ3n) is 9.65. The summed E-state index contributed by atoms with van der Waals surface area (Å²) >= 11 is 0. The Morgan fingerprint density at radius 3 is 2.52 bits per heavy atom. The molecule has 1 spiro atoms. The molecule has 0 aromatic heterocycles. The number of nitrogens with one attached hydrogen (secondary N) is 3. The molecule has 2 amide bonds. The van der Waals surface area contributed by atoms with E-state index < -0.39 is 5.41 Å². The summed E-state index contributed by atoms with van der Waals surface area (Å²) in [7, 11) is 1.75. The van der Waals surface area contributed by atoms with E-state index in [1.54, 1.807) is 13.1 Å².